The van der Waals surface area contributed by atoms with Crippen LogP contribution in [0.5, 0.6) is 0 Å². The highest BCUT2D eigenvalue weighted by atomic mass is 32.2. The zero-order valence-electron chi connectivity index (χ0n) is 16.1. The highest BCUT2D eigenvalue weighted by molar-refractivity contribution is 7.91. The van der Waals surface area contributed by atoms with Gasteiger partial charge in [0, 0.05) is 36.1 Å². The molecule has 2 aromatic heterocycles. The lowest BCUT2D eigenvalue weighted by molar-refractivity contribution is -0.131. The Morgan fingerprint density at radius 1 is 1.10 bits per heavy atom. The number of hydrogen-bond donors (Lipinski definition) is 3. The predicted molar refractivity (Wildman–Crippen MR) is 114 cm³/mol. The van der Waals surface area contributed by atoms with Crippen LogP contribution in [-0.4, -0.2) is 42.6 Å². The van der Waals surface area contributed by atoms with Crippen molar-refractivity contribution in [3.63, 3.8) is 0 Å². The first-order valence-electron chi connectivity index (χ1n) is 9.62. The minimum absolute atomic E-state index is 0.141. The van der Waals surface area contributed by atoms with Crippen molar-refractivity contribution in [2.45, 2.75) is 23.5 Å². The molecule has 2 amide bonds. The minimum Gasteiger partial charge on any atom is -0.361 e. The van der Waals surface area contributed by atoms with Gasteiger partial charge in [0.15, 0.2) is 0 Å². The number of hydrogen-bond acceptors (Lipinski definition) is 5. The fourth-order valence-corrected chi connectivity index (χ4v) is 6.24. The molecule has 30 heavy (non-hydrogen) atoms. The van der Waals surface area contributed by atoms with Gasteiger partial charge in [-0.3, -0.25) is 20.4 Å². The van der Waals surface area contributed by atoms with Crippen molar-refractivity contribution in [1.82, 2.24) is 20.1 Å². The molecule has 0 unspecified atom stereocenters. The molecule has 1 aromatic carbocycles. The third kappa shape index (κ3) is 4.25. The number of para-hydroxylation sites is 1. The van der Waals surface area contributed by atoms with Crippen molar-refractivity contribution >= 4 is 44.1 Å². The van der Waals surface area contributed by atoms with E-state index in [2.05, 4.69) is 15.8 Å². The van der Waals surface area contributed by atoms with E-state index in [9.17, 15) is 18.0 Å². The van der Waals surface area contributed by atoms with E-state index in [1.165, 1.54) is 15.6 Å². The Hall–Kier alpha value is -2.69. The number of aromatic amines is 1. The maximum absolute atomic E-state index is 12.6. The number of aromatic nitrogens is 1. The van der Waals surface area contributed by atoms with E-state index in [1.54, 1.807) is 23.7 Å². The van der Waals surface area contributed by atoms with Gasteiger partial charge in [0.25, 0.3) is 10.0 Å². The molecular weight excluding hydrogens is 424 g/mol. The molecule has 1 aliphatic rings. The summed E-state index contributed by atoms with van der Waals surface area (Å²) in [7, 11) is -3.49. The van der Waals surface area contributed by atoms with E-state index >= 15 is 0 Å². The smallest absolute Gasteiger partial charge is 0.252 e. The molecule has 0 spiro atoms. The molecule has 1 aliphatic heterocycles. The first-order chi connectivity index (χ1) is 14.4. The lowest BCUT2D eigenvalue weighted by Crippen LogP contribution is -2.48. The first kappa shape index (κ1) is 20.6. The Balaban J connectivity index is 1.26. The van der Waals surface area contributed by atoms with Gasteiger partial charge in [0.1, 0.15) is 4.21 Å². The molecule has 8 nitrogen and oxygen atoms in total. The van der Waals surface area contributed by atoms with E-state index in [0.717, 1.165) is 16.5 Å². The summed E-state index contributed by atoms with van der Waals surface area (Å²) in [5.74, 6) is -0.950. The summed E-state index contributed by atoms with van der Waals surface area (Å²) in [5.41, 5.74) is 6.75. The van der Waals surface area contributed by atoms with Crippen LogP contribution in [0.3, 0.4) is 0 Å². The SMILES string of the molecule is O=C(Cc1c[nH]c2ccccc12)NNC(=O)C1CCN(S(=O)(=O)c2cccs2)CC1. The monoisotopic (exact) mass is 446 g/mol. The highest BCUT2D eigenvalue weighted by Crippen LogP contribution is 2.26. The summed E-state index contributed by atoms with van der Waals surface area (Å²) in [6.07, 6.45) is 2.75. The lowest BCUT2D eigenvalue weighted by atomic mass is 9.98. The zero-order valence-corrected chi connectivity index (χ0v) is 17.8. The largest absolute Gasteiger partial charge is 0.361 e. The van der Waals surface area contributed by atoms with Crippen LogP contribution in [0.15, 0.2) is 52.2 Å². The van der Waals surface area contributed by atoms with Crippen LogP contribution in [0.2, 0.25) is 0 Å². The second-order valence-corrected chi connectivity index (χ2v) is 10.3. The maximum Gasteiger partial charge on any atom is 0.252 e. The summed E-state index contributed by atoms with van der Waals surface area (Å²) >= 11 is 1.19. The summed E-state index contributed by atoms with van der Waals surface area (Å²) in [5, 5.41) is 2.70. The van der Waals surface area contributed by atoms with Gasteiger partial charge in [-0.1, -0.05) is 24.3 Å². The van der Waals surface area contributed by atoms with Gasteiger partial charge in [-0.05, 0) is 35.9 Å². The average Bonchev–Trinajstić information content (AvgIpc) is 3.43. The number of thiophene rings is 1. The molecule has 0 aliphatic carbocycles. The van der Waals surface area contributed by atoms with Crippen LogP contribution >= 0.6 is 11.3 Å². The van der Waals surface area contributed by atoms with Crippen LogP contribution in [0.25, 0.3) is 10.9 Å². The number of fused-ring (bicyclic) bond motifs is 1. The molecule has 0 bridgehead atoms. The number of H-pyrrole nitrogens is 1. The van der Waals surface area contributed by atoms with E-state index in [-0.39, 0.29) is 37.2 Å². The molecule has 0 radical (unpaired) electrons. The quantitative estimate of drug-likeness (QED) is 0.521. The Morgan fingerprint density at radius 3 is 2.60 bits per heavy atom. The van der Waals surface area contributed by atoms with Gasteiger partial charge in [-0.15, -0.1) is 11.3 Å². The van der Waals surface area contributed by atoms with Gasteiger partial charge < -0.3 is 4.98 Å². The standard InChI is InChI=1S/C20H22N4O4S2/c25-18(12-15-13-21-17-5-2-1-4-16(15)17)22-23-20(26)14-7-9-24(10-8-14)30(27,28)19-6-3-11-29-19/h1-6,11,13-14,21H,7-10,12H2,(H,22,25)(H,23,26). The average molecular weight is 447 g/mol. The van der Waals surface area contributed by atoms with Gasteiger partial charge in [0.05, 0.1) is 6.42 Å². The van der Waals surface area contributed by atoms with Crippen LogP contribution in [-0.2, 0) is 26.0 Å². The third-order valence-electron chi connectivity index (χ3n) is 5.26. The molecular formula is C20H22N4O4S2. The molecule has 1 saturated heterocycles. The highest BCUT2D eigenvalue weighted by Gasteiger charge is 2.32. The third-order valence-corrected chi connectivity index (χ3v) is 8.54. The molecule has 3 aromatic rings. The van der Waals surface area contributed by atoms with Crippen molar-refractivity contribution in [3.05, 3.63) is 53.5 Å². The number of benzene rings is 1. The van der Waals surface area contributed by atoms with Gasteiger partial charge >= 0.3 is 0 Å². The number of hydrazine groups is 1. The van der Waals surface area contributed by atoms with Crippen LogP contribution < -0.4 is 10.9 Å². The number of nitrogens with zero attached hydrogens (tertiary/aromatic N) is 1. The molecule has 3 heterocycles. The Kier molecular flexibility index (Phi) is 5.89. The predicted octanol–water partition coefficient (Wildman–Crippen LogP) is 2.02. The number of carbonyl (C=O) groups excluding carboxylic acids is 2. The summed E-state index contributed by atoms with van der Waals surface area (Å²) in [6, 6.07) is 11.0. The second-order valence-electron chi connectivity index (χ2n) is 7.18. The maximum atomic E-state index is 12.6. The van der Waals surface area contributed by atoms with Gasteiger partial charge in [-0.25, -0.2) is 8.42 Å². The Bertz CT molecular complexity index is 1150. The molecule has 10 heteroatoms. The Morgan fingerprint density at radius 2 is 1.87 bits per heavy atom. The molecule has 0 atom stereocenters. The summed E-state index contributed by atoms with van der Waals surface area (Å²) < 4.78 is 26.9. The van der Waals surface area contributed by atoms with Crippen LogP contribution in [0, 0.1) is 5.92 Å². The summed E-state index contributed by atoms with van der Waals surface area (Å²) in [6.45, 7) is 0.559. The number of carbonyl (C=O) groups is 2. The molecule has 1 fully saturated rings. The number of sulfonamides is 1. The normalized spacial score (nSPS) is 15.9. The molecule has 3 N–H and O–H groups in total. The minimum atomic E-state index is -3.49. The van der Waals surface area contributed by atoms with Crippen LogP contribution in [0.4, 0.5) is 0 Å². The Labute approximate surface area is 178 Å². The second kappa shape index (κ2) is 8.58. The topological polar surface area (TPSA) is 111 Å². The first-order valence-corrected chi connectivity index (χ1v) is 11.9. The number of rotatable bonds is 5. The van der Waals surface area contributed by atoms with Crippen molar-refractivity contribution in [3.8, 4) is 0 Å². The number of piperidine rings is 1. The lowest BCUT2D eigenvalue weighted by Gasteiger charge is -2.30. The van der Waals surface area contributed by atoms with Crippen molar-refractivity contribution in [2.75, 3.05) is 13.1 Å². The van der Waals surface area contributed by atoms with Crippen molar-refractivity contribution < 1.29 is 18.0 Å². The van der Waals surface area contributed by atoms with E-state index in [0.29, 0.717) is 17.1 Å². The van der Waals surface area contributed by atoms with Crippen molar-refractivity contribution in [2.24, 2.45) is 5.92 Å². The van der Waals surface area contributed by atoms with Crippen molar-refractivity contribution in [1.29, 1.82) is 0 Å². The van der Waals surface area contributed by atoms with E-state index in [4.69, 9.17) is 0 Å². The summed E-state index contributed by atoms with van der Waals surface area (Å²) in [4.78, 5) is 27.8. The number of amides is 2. The van der Waals surface area contributed by atoms with E-state index < -0.39 is 10.0 Å². The fraction of sp³-hybridized carbons (Fsp3) is 0.300. The zero-order chi connectivity index (χ0) is 21.1. The van der Waals surface area contributed by atoms with Gasteiger partial charge in [0.2, 0.25) is 11.8 Å². The molecule has 0 saturated carbocycles. The van der Waals surface area contributed by atoms with Gasteiger partial charge in [-0.2, -0.15) is 4.31 Å². The fourth-order valence-electron chi connectivity index (χ4n) is 3.62. The molecule has 4 rings (SSSR count). The molecule has 158 valence electrons. The van der Waals surface area contributed by atoms with Crippen LogP contribution in [0.1, 0.15) is 18.4 Å². The number of nitrogens with one attached hydrogen (secondary N) is 3. The van der Waals surface area contributed by atoms with E-state index in [1.807, 2.05) is 24.3 Å².